The van der Waals surface area contributed by atoms with Crippen LogP contribution < -0.4 is 0 Å². The summed E-state index contributed by atoms with van der Waals surface area (Å²) in [5, 5.41) is 0. The molecule has 348 valence electrons. The van der Waals surface area contributed by atoms with Crippen LogP contribution in [0.3, 0.4) is 0 Å². The molecule has 0 aromatic heterocycles. The SMILES string of the molecule is CCC/C=C\C/C=C\CCCCCCCC(=O)OCC(COC(=O)CCCCCCC/C=C\C/C=C\CCCCC)OC(=O)CCCCCCCCCCCCCCCC. The number of rotatable bonds is 46. The van der Waals surface area contributed by atoms with Gasteiger partial charge in [-0.3, -0.25) is 14.4 Å². The molecule has 1 unspecified atom stereocenters. The standard InChI is InChI=1S/C54H96O6/c1-4-7-10-13-16-19-22-25-27-30-32-35-38-41-44-47-53(56)59-50-51(49-58-52(55)46-43-40-37-34-31-28-24-21-18-15-12-9-6-3)60-54(57)48-45-42-39-36-33-29-26-23-20-17-14-11-8-5-2/h12,15-16,19,21,24-25,27,51H,4-11,13-14,17-18,20,22-23,26,28-50H2,1-3H3/b15-12-,19-16-,24-21-,27-25-. The van der Waals surface area contributed by atoms with E-state index in [-0.39, 0.29) is 31.1 Å². The minimum Gasteiger partial charge on any atom is -0.462 e. The van der Waals surface area contributed by atoms with Crippen molar-refractivity contribution in [1.29, 1.82) is 0 Å². The summed E-state index contributed by atoms with van der Waals surface area (Å²) in [5.41, 5.74) is 0. The molecule has 0 aromatic rings. The van der Waals surface area contributed by atoms with Gasteiger partial charge in [-0.15, -0.1) is 0 Å². The fraction of sp³-hybridized carbons (Fsp3) is 0.796. The van der Waals surface area contributed by atoms with E-state index in [0.29, 0.717) is 19.3 Å². The summed E-state index contributed by atoms with van der Waals surface area (Å²) in [5.74, 6) is -0.902. The third kappa shape index (κ3) is 46.4. The Hall–Kier alpha value is -2.63. The van der Waals surface area contributed by atoms with Gasteiger partial charge in [0, 0.05) is 19.3 Å². The second kappa shape index (κ2) is 49.0. The van der Waals surface area contributed by atoms with Gasteiger partial charge in [0.1, 0.15) is 13.2 Å². The number of ether oxygens (including phenoxy) is 3. The first-order valence-corrected chi connectivity index (χ1v) is 25.6. The Kier molecular flexibility index (Phi) is 46.9. The van der Waals surface area contributed by atoms with E-state index in [2.05, 4.69) is 69.4 Å². The van der Waals surface area contributed by atoms with E-state index in [1.54, 1.807) is 0 Å². The summed E-state index contributed by atoms with van der Waals surface area (Å²) in [4.78, 5) is 37.9. The Morgan fingerprint density at radius 2 is 0.633 bits per heavy atom. The van der Waals surface area contributed by atoms with Gasteiger partial charge in [-0.25, -0.2) is 0 Å². The van der Waals surface area contributed by atoms with Crippen molar-refractivity contribution in [3.63, 3.8) is 0 Å². The van der Waals surface area contributed by atoms with Crippen molar-refractivity contribution in [2.45, 2.75) is 264 Å². The highest BCUT2D eigenvalue weighted by atomic mass is 16.6. The van der Waals surface area contributed by atoms with Crippen molar-refractivity contribution in [3.8, 4) is 0 Å². The van der Waals surface area contributed by atoms with Gasteiger partial charge < -0.3 is 14.2 Å². The topological polar surface area (TPSA) is 78.9 Å². The van der Waals surface area contributed by atoms with Crippen LogP contribution in [-0.4, -0.2) is 37.2 Å². The van der Waals surface area contributed by atoms with Gasteiger partial charge in [0.05, 0.1) is 0 Å². The van der Waals surface area contributed by atoms with Crippen LogP contribution in [0.15, 0.2) is 48.6 Å². The molecule has 0 rings (SSSR count). The molecule has 0 N–H and O–H groups in total. The average Bonchev–Trinajstić information content (AvgIpc) is 3.24. The van der Waals surface area contributed by atoms with Gasteiger partial charge >= 0.3 is 17.9 Å². The minimum absolute atomic E-state index is 0.0830. The van der Waals surface area contributed by atoms with E-state index in [0.717, 1.165) is 103 Å². The number of unbranched alkanes of at least 4 members (excludes halogenated alkanes) is 27. The van der Waals surface area contributed by atoms with Crippen LogP contribution in [-0.2, 0) is 28.6 Å². The molecule has 0 spiro atoms. The third-order valence-electron chi connectivity index (χ3n) is 11.0. The van der Waals surface area contributed by atoms with E-state index < -0.39 is 6.10 Å². The molecule has 0 fully saturated rings. The molecule has 0 aliphatic rings. The van der Waals surface area contributed by atoms with Crippen molar-refractivity contribution < 1.29 is 28.6 Å². The van der Waals surface area contributed by atoms with Crippen LogP contribution in [0.2, 0.25) is 0 Å². The second-order valence-corrected chi connectivity index (χ2v) is 17.1. The van der Waals surface area contributed by atoms with Crippen LogP contribution in [0.25, 0.3) is 0 Å². The summed E-state index contributed by atoms with van der Waals surface area (Å²) in [6.45, 7) is 6.53. The lowest BCUT2D eigenvalue weighted by Crippen LogP contribution is -2.30. The fourth-order valence-electron chi connectivity index (χ4n) is 7.16. The second-order valence-electron chi connectivity index (χ2n) is 17.1. The number of hydrogen-bond acceptors (Lipinski definition) is 6. The summed E-state index contributed by atoms with van der Waals surface area (Å²) >= 11 is 0. The first-order chi connectivity index (χ1) is 29.5. The molecule has 0 bridgehead atoms. The highest BCUT2D eigenvalue weighted by Crippen LogP contribution is 2.15. The Labute approximate surface area is 371 Å². The van der Waals surface area contributed by atoms with Crippen LogP contribution >= 0.6 is 0 Å². The van der Waals surface area contributed by atoms with Gasteiger partial charge in [-0.2, -0.15) is 0 Å². The number of hydrogen-bond donors (Lipinski definition) is 0. The molecule has 0 saturated carbocycles. The number of allylic oxidation sites excluding steroid dienone is 8. The lowest BCUT2D eigenvalue weighted by atomic mass is 10.0. The Bertz CT molecular complexity index is 1060. The van der Waals surface area contributed by atoms with E-state index in [9.17, 15) is 14.4 Å². The predicted octanol–water partition coefficient (Wildman–Crippen LogP) is 16.7. The maximum Gasteiger partial charge on any atom is 0.306 e. The Balaban J connectivity index is 4.40. The van der Waals surface area contributed by atoms with Gasteiger partial charge in [0.15, 0.2) is 6.10 Å². The maximum absolute atomic E-state index is 12.8. The van der Waals surface area contributed by atoms with E-state index >= 15 is 0 Å². The lowest BCUT2D eigenvalue weighted by Gasteiger charge is -2.18. The zero-order chi connectivity index (χ0) is 43.7. The number of carbonyl (C=O) groups is 3. The van der Waals surface area contributed by atoms with Crippen LogP contribution in [0.4, 0.5) is 0 Å². The highest BCUT2D eigenvalue weighted by molar-refractivity contribution is 5.71. The normalized spacial score (nSPS) is 12.4. The van der Waals surface area contributed by atoms with Crippen LogP contribution in [0.5, 0.6) is 0 Å². The van der Waals surface area contributed by atoms with Crippen LogP contribution in [0.1, 0.15) is 258 Å². The zero-order valence-electron chi connectivity index (χ0n) is 39.7. The monoisotopic (exact) mass is 841 g/mol. The molecule has 0 aromatic carbocycles. The van der Waals surface area contributed by atoms with Crippen molar-refractivity contribution in [1.82, 2.24) is 0 Å². The van der Waals surface area contributed by atoms with Crippen molar-refractivity contribution >= 4 is 17.9 Å². The van der Waals surface area contributed by atoms with Crippen LogP contribution in [0, 0.1) is 0 Å². The van der Waals surface area contributed by atoms with Crippen molar-refractivity contribution in [2.24, 2.45) is 0 Å². The molecule has 1 atom stereocenters. The smallest absolute Gasteiger partial charge is 0.306 e. The molecule has 6 heteroatoms. The molecular weight excluding hydrogens is 745 g/mol. The maximum atomic E-state index is 12.8. The minimum atomic E-state index is -0.781. The van der Waals surface area contributed by atoms with E-state index in [1.807, 2.05) is 0 Å². The molecular formula is C54H96O6. The first kappa shape index (κ1) is 57.4. The van der Waals surface area contributed by atoms with Crippen molar-refractivity contribution in [3.05, 3.63) is 48.6 Å². The Morgan fingerprint density at radius 3 is 1.02 bits per heavy atom. The van der Waals surface area contributed by atoms with Gasteiger partial charge in [0.2, 0.25) is 0 Å². The summed E-state index contributed by atoms with van der Waals surface area (Å²) < 4.78 is 16.8. The lowest BCUT2D eigenvalue weighted by molar-refractivity contribution is -0.167. The average molecular weight is 841 g/mol. The first-order valence-electron chi connectivity index (χ1n) is 25.6. The number of carbonyl (C=O) groups excluding carboxylic acids is 3. The molecule has 6 nitrogen and oxygen atoms in total. The number of esters is 3. The summed E-state index contributed by atoms with van der Waals surface area (Å²) in [7, 11) is 0. The Morgan fingerprint density at radius 1 is 0.333 bits per heavy atom. The van der Waals surface area contributed by atoms with E-state index in [1.165, 1.54) is 116 Å². The zero-order valence-corrected chi connectivity index (χ0v) is 39.7. The van der Waals surface area contributed by atoms with E-state index in [4.69, 9.17) is 14.2 Å². The largest absolute Gasteiger partial charge is 0.462 e. The van der Waals surface area contributed by atoms with Crippen molar-refractivity contribution in [2.75, 3.05) is 13.2 Å². The quantitative estimate of drug-likeness (QED) is 0.0263. The molecule has 0 aliphatic heterocycles. The molecule has 0 saturated heterocycles. The molecule has 0 amide bonds. The van der Waals surface area contributed by atoms with Gasteiger partial charge in [-0.1, -0.05) is 211 Å². The molecule has 0 heterocycles. The molecule has 0 radical (unpaired) electrons. The summed E-state index contributed by atoms with van der Waals surface area (Å²) in [6, 6.07) is 0. The fourth-order valence-corrected chi connectivity index (χ4v) is 7.16. The molecule has 0 aliphatic carbocycles. The predicted molar refractivity (Wildman–Crippen MR) is 256 cm³/mol. The van der Waals surface area contributed by atoms with Gasteiger partial charge in [0.25, 0.3) is 0 Å². The summed E-state index contributed by atoms with van der Waals surface area (Å²) in [6.07, 6.45) is 58.0. The highest BCUT2D eigenvalue weighted by Gasteiger charge is 2.19. The molecule has 60 heavy (non-hydrogen) atoms. The third-order valence-corrected chi connectivity index (χ3v) is 11.0. The van der Waals surface area contributed by atoms with Gasteiger partial charge in [-0.05, 0) is 77.0 Å².